The van der Waals surface area contributed by atoms with Crippen molar-refractivity contribution >= 4 is 11.7 Å². The number of non-ortho nitro benzene ring substituents is 1. The average molecular weight is 435 g/mol. The van der Waals surface area contributed by atoms with Crippen LogP contribution in [0.5, 0.6) is 0 Å². The number of hydrogen-bond donors (Lipinski definition) is 0. The summed E-state index contributed by atoms with van der Waals surface area (Å²) >= 11 is 0. The lowest BCUT2D eigenvalue weighted by Crippen LogP contribution is -2.11. The van der Waals surface area contributed by atoms with Gasteiger partial charge in [-0.25, -0.2) is 4.79 Å². The lowest BCUT2D eigenvalue weighted by Gasteiger charge is -2.08. The van der Waals surface area contributed by atoms with E-state index >= 15 is 0 Å². The van der Waals surface area contributed by atoms with E-state index in [9.17, 15) is 14.9 Å². The number of nitro benzene ring substituents is 1. The van der Waals surface area contributed by atoms with Crippen LogP contribution in [-0.2, 0) is 11.3 Å². The maximum atomic E-state index is 12.1. The molecule has 0 saturated heterocycles. The van der Waals surface area contributed by atoms with E-state index in [1.165, 1.54) is 16.9 Å². The summed E-state index contributed by atoms with van der Waals surface area (Å²) in [5, 5.41) is 27.1. The molecule has 162 valence electrons. The summed E-state index contributed by atoms with van der Waals surface area (Å²) in [5.74, 6) is 0.279. The molecular weight excluding hydrogens is 418 g/mol. The van der Waals surface area contributed by atoms with Crippen molar-refractivity contribution in [2.24, 2.45) is 0 Å². The molecule has 0 aliphatic rings. The molecular formula is C20H17N7O5. The molecule has 0 saturated carbocycles. The SMILES string of the molecule is CC(C)OC(=O)c1cccc(-c2nnn(Cc3nc(-c4cccc([N+](=O)[O-])c4)no3)n2)c1. The summed E-state index contributed by atoms with van der Waals surface area (Å²) in [5.41, 5.74) is 1.35. The van der Waals surface area contributed by atoms with E-state index in [0.717, 1.165) is 0 Å². The highest BCUT2D eigenvalue weighted by Crippen LogP contribution is 2.22. The second-order valence-corrected chi connectivity index (χ2v) is 7.00. The number of nitro groups is 1. The molecule has 2 heterocycles. The Balaban J connectivity index is 1.49. The Labute approximate surface area is 181 Å². The fourth-order valence-corrected chi connectivity index (χ4v) is 2.81. The third kappa shape index (κ3) is 4.64. The molecule has 0 radical (unpaired) electrons. The number of aromatic nitrogens is 6. The van der Waals surface area contributed by atoms with Gasteiger partial charge in [-0.3, -0.25) is 10.1 Å². The van der Waals surface area contributed by atoms with Crippen molar-refractivity contribution in [2.75, 3.05) is 0 Å². The highest BCUT2D eigenvalue weighted by Gasteiger charge is 2.16. The number of carbonyl (C=O) groups is 1. The van der Waals surface area contributed by atoms with Crippen LogP contribution in [0.3, 0.4) is 0 Å². The summed E-state index contributed by atoms with van der Waals surface area (Å²) < 4.78 is 10.4. The maximum absolute atomic E-state index is 12.1. The highest BCUT2D eigenvalue weighted by atomic mass is 16.6. The molecule has 2 aromatic carbocycles. The lowest BCUT2D eigenvalue weighted by molar-refractivity contribution is -0.384. The third-order valence-electron chi connectivity index (χ3n) is 4.21. The molecule has 12 heteroatoms. The quantitative estimate of drug-likeness (QED) is 0.240. The van der Waals surface area contributed by atoms with E-state index in [2.05, 4.69) is 25.6 Å². The molecule has 4 rings (SSSR count). The second kappa shape index (κ2) is 8.71. The topological polar surface area (TPSA) is 152 Å². The molecule has 0 spiro atoms. The van der Waals surface area contributed by atoms with Crippen molar-refractivity contribution in [3.63, 3.8) is 0 Å². The molecule has 0 unspecified atom stereocenters. The van der Waals surface area contributed by atoms with Gasteiger partial charge in [-0.2, -0.15) is 9.78 Å². The summed E-state index contributed by atoms with van der Waals surface area (Å²) in [6.07, 6.45) is -0.230. The smallest absolute Gasteiger partial charge is 0.338 e. The lowest BCUT2D eigenvalue weighted by atomic mass is 10.1. The highest BCUT2D eigenvalue weighted by molar-refractivity contribution is 5.90. The molecule has 0 fully saturated rings. The monoisotopic (exact) mass is 435 g/mol. The van der Waals surface area contributed by atoms with Gasteiger partial charge in [-0.1, -0.05) is 29.4 Å². The standard InChI is InChI=1S/C20H17N7O5/c1-12(2)31-20(28)15-7-3-5-13(9-15)19-22-25-26(23-19)11-17-21-18(24-32-17)14-6-4-8-16(10-14)27(29)30/h3-10,12H,11H2,1-2H3. The summed E-state index contributed by atoms with van der Waals surface area (Å²) in [4.78, 5) is 28.1. The molecule has 32 heavy (non-hydrogen) atoms. The first-order chi connectivity index (χ1) is 15.4. The normalized spacial score (nSPS) is 11.0. The fraction of sp³-hybridized carbons (Fsp3) is 0.200. The van der Waals surface area contributed by atoms with Crippen molar-refractivity contribution in [3.05, 3.63) is 70.1 Å². The number of benzene rings is 2. The predicted molar refractivity (Wildman–Crippen MR) is 109 cm³/mol. The third-order valence-corrected chi connectivity index (χ3v) is 4.21. The molecule has 2 aromatic heterocycles. The largest absolute Gasteiger partial charge is 0.459 e. The van der Waals surface area contributed by atoms with E-state index < -0.39 is 10.9 Å². The van der Waals surface area contributed by atoms with Crippen molar-refractivity contribution < 1.29 is 19.0 Å². The summed E-state index contributed by atoms with van der Waals surface area (Å²) in [6, 6.07) is 12.6. The minimum absolute atomic E-state index is 0.0456. The number of hydrogen-bond acceptors (Lipinski definition) is 10. The molecule has 0 atom stereocenters. The van der Waals surface area contributed by atoms with Crippen LogP contribution in [0.1, 0.15) is 30.1 Å². The Kier molecular flexibility index (Phi) is 5.66. The van der Waals surface area contributed by atoms with Crippen LogP contribution >= 0.6 is 0 Å². The first-order valence-electron chi connectivity index (χ1n) is 9.55. The number of ether oxygens (including phenoxy) is 1. The van der Waals surface area contributed by atoms with Crippen molar-refractivity contribution in [1.82, 2.24) is 30.3 Å². The van der Waals surface area contributed by atoms with Crippen LogP contribution in [-0.4, -0.2) is 47.3 Å². The van der Waals surface area contributed by atoms with Gasteiger partial charge in [0.15, 0.2) is 0 Å². The van der Waals surface area contributed by atoms with E-state index in [1.54, 1.807) is 50.2 Å². The number of rotatable bonds is 7. The van der Waals surface area contributed by atoms with Gasteiger partial charge in [-0.05, 0) is 31.2 Å². The fourth-order valence-electron chi connectivity index (χ4n) is 2.81. The van der Waals surface area contributed by atoms with Gasteiger partial charge in [0, 0.05) is 23.3 Å². The predicted octanol–water partition coefficient (Wildman–Crippen LogP) is 2.91. The van der Waals surface area contributed by atoms with E-state index in [4.69, 9.17) is 9.26 Å². The van der Waals surface area contributed by atoms with Gasteiger partial charge in [0.2, 0.25) is 11.6 Å². The number of nitrogens with zero attached hydrogens (tertiary/aromatic N) is 7. The molecule has 0 N–H and O–H groups in total. The minimum Gasteiger partial charge on any atom is -0.459 e. The Bertz CT molecular complexity index is 1280. The molecule has 0 bridgehead atoms. The Hall–Kier alpha value is -4.48. The van der Waals surface area contributed by atoms with Crippen LogP contribution in [0.25, 0.3) is 22.8 Å². The van der Waals surface area contributed by atoms with Gasteiger partial charge < -0.3 is 9.26 Å². The van der Waals surface area contributed by atoms with Crippen LogP contribution in [0.2, 0.25) is 0 Å². The molecule has 0 aliphatic carbocycles. The van der Waals surface area contributed by atoms with Crippen molar-refractivity contribution in [2.45, 2.75) is 26.5 Å². The molecule has 0 amide bonds. The zero-order valence-electron chi connectivity index (χ0n) is 17.1. The number of tetrazole rings is 1. The zero-order valence-corrected chi connectivity index (χ0v) is 17.1. The van der Waals surface area contributed by atoms with Crippen LogP contribution in [0.4, 0.5) is 5.69 Å². The van der Waals surface area contributed by atoms with Crippen LogP contribution < -0.4 is 0 Å². The maximum Gasteiger partial charge on any atom is 0.338 e. The Morgan fingerprint density at radius 2 is 1.91 bits per heavy atom. The minimum atomic E-state index is -0.497. The number of esters is 1. The first kappa shape index (κ1) is 20.8. The van der Waals surface area contributed by atoms with Gasteiger partial charge in [0.25, 0.3) is 11.6 Å². The van der Waals surface area contributed by atoms with E-state index in [-0.39, 0.29) is 30.1 Å². The van der Waals surface area contributed by atoms with Crippen molar-refractivity contribution in [1.29, 1.82) is 0 Å². The van der Waals surface area contributed by atoms with Gasteiger partial charge in [0.05, 0.1) is 16.6 Å². The Morgan fingerprint density at radius 3 is 2.66 bits per heavy atom. The zero-order chi connectivity index (χ0) is 22.7. The molecule has 12 nitrogen and oxygen atoms in total. The molecule has 4 aromatic rings. The van der Waals surface area contributed by atoms with Crippen LogP contribution in [0.15, 0.2) is 53.1 Å². The first-order valence-corrected chi connectivity index (χ1v) is 9.55. The van der Waals surface area contributed by atoms with E-state index in [0.29, 0.717) is 22.5 Å². The van der Waals surface area contributed by atoms with Crippen LogP contribution in [0, 0.1) is 10.1 Å². The summed E-state index contributed by atoms with van der Waals surface area (Å²) in [6.45, 7) is 3.59. The second-order valence-electron chi connectivity index (χ2n) is 7.00. The van der Waals surface area contributed by atoms with Gasteiger partial charge >= 0.3 is 5.97 Å². The van der Waals surface area contributed by atoms with E-state index in [1.807, 2.05) is 0 Å². The van der Waals surface area contributed by atoms with Crippen molar-refractivity contribution in [3.8, 4) is 22.8 Å². The summed E-state index contributed by atoms with van der Waals surface area (Å²) in [7, 11) is 0. The Morgan fingerprint density at radius 1 is 1.16 bits per heavy atom. The van der Waals surface area contributed by atoms with Gasteiger partial charge in [0.1, 0.15) is 6.54 Å². The number of carbonyl (C=O) groups excluding carboxylic acids is 1. The molecule has 0 aliphatic heterocycles. The van der Waals surface area contributed by atoms with Gasteiger partial charge in [-0.15, -0.1) is 10.2 Å². The average Bonchev–Trinajstić information content (AvgIpc) is 3.44.